The molecule has 0 aromatic carbocycles. The number of hydrogen-bond donors (Lipinski definition) is 0. The maximum Gasteiger partial charge on any atom is 0.00857 e. The minimum atomic E-state index is 0.356. The van der Waals surface area contributed by atoms with Gasteiger partial charge in [-0.3, -0.25) is 0 Å². The van der Waals surface area contributed by atoms with Crippen LogP contribution in [0.25, 0.3) is 0 Å². The Labute approximate surface area is 45.4 Å². The maximum atomic E-state index is 4.79. The molecule has 0 unspecified atom stereocenters. The highest BCUT2D eigenvalue weighted by Crippen LogP contribution is 2.13. The highest BCUT2D eigenvalue weighted by atomic mass is 32.1. The van der Waals surface area contributed by atoms with Crippen LogP contribution in [0.2, 0.25) is 0 Å². The lowest BCUT2D eigenvalue weighted by Crippen LogP contribution is -2.05. The topological polar surface area (TPSA) is 0 Å². The molecule has 0 rings (SSSR count). The highest BCUT2D eigenvalue weighted by Gasteiger charge is 2.04. The van der Waals surface area contributed by atoms with Gasteiger partial charge >= 0.3 is 0 Å². The van der Waals surface area contributed by atoms with E-state index in [0.717, 1.165) is 5.75 Å². The van der Waals surface area contributed by atoms with Gasteiger partial charge in [0.05, 0.1) is 0 Å². The molecule has 0 amide bonds. The van der Waals surface area contributed by atoms with Crippen LogP contribution in [0.5, 0.6) is 0 Å². The Morgan fingerprint density at radius 2 is 1.50 bits per heavy atom. The van der Waals surface area contributed by atoms with Crippen molar-refractivity contribution in [2.24, 2.45) is 5.41 Å². The molecule has 0 aliphatic carbocycles. The van der Waals surface area contributed by atoms with Gasteiger partial charge in [0.2, 0.25) is 0 Å². The van der Waals surface area contributed by atoms with Crippen molar-refractivity contribution in [3.8, 4) is 0 Å². The molecule has 0 saturated heterocycles. The first-order valence-electron chi connectivity index (χ1n) is 2.14. The van der Waals surface area contributed by atoms with Gasteiger partial charge in [0.1, 0.15) is 0 Å². The van der Waals surface area contributed by atoms with E-state index in [2.05, 4.69) is 20.8 Å². The average molecular weight is 103 g/mol. The second-order valence-electron chi connectivity index (χ2n) is 2.70. The molecule has 0 bridgehead atoms. The summed E-state index contributed by atoms with van der Waals surface area (Å²) in [5.41, 5.74) is 0.356. The Balaban J connectivity index is 3.17. The van der Waals surface area contributed by atoms with E-state index in [9.17, 15) is 0 Å². The largest absolute Gasteiger partial charge is 0.0936 e. The Morgan fingerprint density at radius 3 is 1.50 bits per heavy atom. The van der Waals surface area contributed by atoms with Crippen LogP contribution in [0.1, 0.15) is 20.8 Å². The van der Waals surface area contributed by atoms with Crippen LogP contribution < -0.4 is 0 Å². The quantitative estimate of drug-likeness (QED) is 0.441. The van der Waals surface area contributed by atoms with Crippen LogP contribution in [0.3, 0.4) is 0 Å². The zero-order valence-corrected chi connectivity index (χ0v) is 5.43. The van der Waals surface area contributed by atoms with E-state index < -0.39 is 0 Å². The van der Waals surface area contributed by atoms with Crippen LogP contribution in [-0.2, 0) is 0 Å². The predicted molar refractivity (Wildman–Crippen MR) is 31.9 cm³/mol. The average Bonchev–Trinajstić information content (AvgIpc) is 1.35. The molecular weight excluding hydrogens is 92.1 g/mol. The molecule has 6 heavy (non-hydrogen) atoms. The monoisotopic (exact) mass is 103 g/mol. The highest BCUT2D eigenvalue weighted by molar-refractivity contribution is 7.80. The van der Waals surface area contributed by atoms with E-state index >= 15 is 0 Å². The molecule has 0 heterocycles. The van der Waals surface area contributed by atoms with Crippen molar-refractivity contribution in [3.05, 3.63) is 0 Å². The van der Waals surface area contributed by atoms with Gasteiger partial charge in [-0.25, -0.2) is 0 Å². The van der Waals surface area contributed by atoms with E-state index in [1.807, 2.05) is 0 Å². The lowest BCUT2D eigenvalue weighted by atomic mass is 10.0. The van der Waals surface area contributed by atoms with Crippen molar-refractivity contribution in [3.63, 3.8) is 0 Å². The Kier molecular flexibility index (Phi) is 1.98. The Hall–Kier alpha value is 0.350. The summed E-state index contributed by atoms with van der Waals surface area (Å²) in [5, 5.41) is 0. The van der Waals surface area contributed by atoms with Crippen molar-refractivity contribution in [1.82, 2.24) is 0 Å². The molecule has 0 fully saturated rings. The van der Waals surface area contributed by atoms with Crippen molar-refractivity contribution in [1.29, 1.82) is 0 Å². The van der Waals surface area contributed by atoms with Crippen molar-refractivity contribution in [2.45, 2.75) is 20.8 Å². The third-order valence-corrected chi connectivity index (χ3v) is 1.30. The molecule has 0 aromatic heterocycles. The summed E-state index contributed by atoms with van der Waals surface area (Å²) in [6.45, 7) is 6.42. The van der Waals surface area contributed by atoms with E-state index in [0.29, 0.717) is 5.41 Å². The van der Waals surface area contributed by atoms with Crippen molar-refractivity contribution in [2.75, 3.05) is 5.75 Å². The fraction of sp³-hybridized carbons (Fsp3) is 1.00. The van der Waals surface area contributed by atoms with Gasteiger partial charge in [-0.15, -0.1) is 0 Å². The lowest BCUT2D eigenvalue weighted by Gasteiger charge is -2.11. The Bertz CT molecular complexity index is 33.7. The second kappa shape index (κ2) is 1.87. The molecule has 0 aliphatic heterocycles. The molecule has 0 atom stereocenters. The van der Waals surface area contributed by atoms with E-state index in [-0.39, 0.29) is 0 Å². The first-order chi connectivity index (χ1) is 2.56. The summed E-state index contributed by atoms with van der Waals surface area (Å²) >= 11 is 4.79. The van der Waals surface area contributed by atoms with Crippen LogP contribution >= 0.6 is 12.6 Å². The number of rotatable bonds is 0. The molecule has 0 aromatic rings. The predicted octanol–water partition coefficient (Wildman–Crippen LogP) is 2.23. The van der Waals surface area contributed by atoms with Gasteiger partial charge in [-0.1, -0.05) is 33.4 Å². The lowest BCUT2D eigenvalue weighted by molar-refractivity contribution is 0.482. The first kappa shape index (κ1) is 6.35. The van der Waals surface area contributed by atoms with Crippen LogP contribution in [0.15, 0.2) is 0 Å². The van der Waals surface area contributed by atoms with Gasteiger partial charge < -0.3 is 0 Å². The molecule has 0 nitrogen and oxygen atoms in total. The minimum absolute atomic E-state index is 0.356. The van der Waals surface area contributed by atoms with Crippen LogP contribution in [0.4, 0.5) is 0 Å². The van der Waals surface area contributed by atoms with E-state index in [1.54, 1.807) is 0 Å². The number of hydrogen-bond acceptors (Lipinski definition) is 0. The van der Waals surface area contributed by atoms with E-state index in [1.165, 1.54) is 0 Å². The standard InChI is InChI=1S/C5H11S/c1-5(2,3)4-6/h4H2,1-3H3. The minimum Gasteiger partial charge on any atom is -0.0936 e. The molecule has 1 heteroatoms. The van der Waals surface area contributed by atoms with Crippen LogP contribution in [-0.4, -0.2) is 5.75 Å². The summed E-state index contributed by atoms with van der Waals surface area (Å²) in [4.78, 5) is 0. The second-order valence-corrected chi connectivity index (χ2v) is 2.99. The summed E-state index contributed by atoms with van der Waals surface area (Å²) in [7, 11) is 0. The molecule has 0 saturated carbocycles. The van der Waals surface area contributed by atoms with Gasteiger partial charge in [-0.05, 0) is 5.41 Å². The Morgan fingerprint density at radius 1 is 1.33 bits per heavy atom. The molecule has 1 radical (unpaired) electrons. The molecular formula is C5H11S. The zero-order valence-electron chi connectivity index (χ0n) is 4.62. The maximum absolute atomic E-state index is 4.79. The third-order valence-electron chi connectivity index (χ3n) is 0.433. The van der Waals surface area contributed by atoms with Gasteiger partial charge in [0, 0.05) is 5.75 Å². The summed E-state index contributed by atoms with van der Waals surface area (Å²) < 4.78 is 0. The summed E-state index contributed by atoms with van der Waals surface area (Å²) in [6.07, 6.45) is 0. The fourth-order valence-corrected chi connectivity index (χ4v) is 0. The molecule has 0 N–H and O–H groups in total. The van der Waals surface area contributed by atoms with E-state index in [4.69, 9.17) is 12.6 Å². The van der Waals surface area contributed by atoms with Crippen molar-refractivity contribution >= 4 is 12.6 Å². The molecule has 0 spiro atoms. The zero-order chi connectivity index (χ0) is 5.21. The van der Waals surface area contributed by atoms with Crippen LogP contribution in [0, 0.1) is 5.41 Å². The van der Waals surface area contributed by atoms with Gasteiger partial charge in [0.25, 0.3) is 0 Å². The summed E-state index contributed by atoms with van der Waals surface area (Å²) in [6, 6.07) is 0. The van der Waals surface area contributed by atoms with Gasteiger partial charge in [-0.2, -0.15) is 0 Å². The molecule has 37 valence electrons. The normalized spacial score (nSPS) is 12.0. The smallest absolute Gasteiger partial charge is 0.00857 e. The van der Waals surface area contributed by atoms with Crippen molar-refractivity contribution < 1.29 is 0 Å². The summed E-state index contributed by atoms with van der Waals surface area (Å²) in [5.74, 6) is 0.854. The third kappa shape index (κ3) is 4.35. The fourth-order valence-electron chi connectivity index (χ4n) is 0. The molecule has 0 aliphatic rings. The first-order valence-corrected chi connectivity index (χ1v) is 2.72. The van der Waals surface area contributed by atoms with Gasteiger partial charge in [0.15, 0.2) is 0 Å². The SMILES string of the molecule is CC(C)(C)C[S].